The summed E-state index contributed by atoms with van der Waals surface area (Å²) in [5.41, 5.74) is 0.434. The highest BCUT2D eigenvalue weighted by molar-refractivity contribution is 6.02. The highest BCUT2D eigenvalue weighted by Crippen LogP contribution is 2.29. The van der Waals surface area contributed by atoms with Crippen molar-refractivity contribution in [1.82, 2.24) is 9.80 Å². The van der Waals surface area contributed by atoms with Crippen LogP contribution in [-0.4, -0.2) is 43.6 Å². The number of benzene rings is 1. The minimum absolute atomic E-state index is 0.0506. The number of carbonyl (C=O) groups excluding carboxylic acids is 4. The summed E-state index contributed by atoms with van der Waals surface area (Å²) in [4.78, 5) is 48.4. The van der Waals surface area contributed by atoms with Gasteiger partial charge in [0.2, 0.25) is 23.6 Å². The van der Waals surface area contributed by atoms with Gasteiger partial charge in [-0.1, -0.05) is 18.2 Å². The number of imide groups is 2. The van der Waals surface area contributed by atoms with Crippen LogP contribution in [0.2, 0.25) is 0 Å². The van der Waals surface area contributed by atoms with Gasteiger partial charge in [0.05, 0.1) is 0 Å². The molecule has 0 radical (unpaired) electrons. The van der Waals surface area contributed by atoms with Gasteiger partial charge >= 0.3 is 0 Å². The zero-order valence-electron chi connectivity index (χ0n) is 12.7. The van der Waals surface area contributed by atoms with Gasteiger partial charge in [-0.05, 0) is 6.07 Å². The Hall–Kier alpha value is -2.58. The maximum atomic E-state index is 11.7. The Balaban J connectivity index is 1.86. The Morgan fingerprint density at radius 2 is 1.04 bits per heavy atom. The van der Waals surface area contributed by atoms with Crippen molar-refractivity contribution in [1.29, 1.82) is 0 Å². The van der Waals surface area contributed by atoms with Crippen LogP contribution < -0.4 is 0 Å². The molecule has 2 aliphatic heterocycles. The summed E-state index contributed by atoms with van der Waals surface area (Å²) in [7, 11) is 0. The second-order valence-corrected chi connectivity index (χ2v) is 5.73. The monoisotopic (exact) mass is 332 g/mol. The van der Waals surface area contributed by atoms with Crippen molar-refractivity contribution in [3.8, 4) is 0 Å². The number of aliphatic hydroxyl groups excluding tert-OH is 2. The van der Waals surface area contributed by atoms with Crippen LogP contribution in [-0.2, 0) is 19.2 Å². The molecule has 2 saturated heterocycles. The third-order valence-corrected chi connectivity index (χ3v) is 4.18. The summed E-state index contributed by atoms with van der Waals surface area (Å²) >= 11 is 0. The molecule has 2 unspecified atom stereocenters. The Morgan fingerprint density at radius 1 is 0.708 bits per heavy atom. The van der Waals surface area contributed by atoms with E-state index in [-0.39, 0.29) is 36.8 Å². The molecule has 0 spiro atoms. The van der Waals surface area contributed by atoms with Crippen LogP contribution in [0, 0.1) is 0 Å². The van der Waals surface area contributed by atoms with Crippen LogP contribution in [0.3, 0.4) is 0 Å². The molecule has 4 amide bonds. The molecule has 2 heterocycles. The Labute approximate surface area is 137 Å². The first kappa shape index (κ1) is 16.3. The summed E-state index contributed by atoms with van der Waals surface area (Å²) in [5.74, 6) is -1.88. The number of carbonyl (C=O) groups is 4. The van der Waals surface area contributed by atoms with E-state index >= 15 is 0 Å². The quantitative estimate of drug-likeness (QED) is 0.748. The van der Waals surface area contributed by atoms with Crippen LogP contribution in [0.4, 0.5) is 0 Å². The zero-order chi connectivity index (χ0) is 17.4. The lowest BCUT2D eigenvalue weighted by molar-refractivity contribution is -0.151. The maximum Gasteiger partial charge on any atom is 0.232 e. The summed E-state index contributed by atoms with van der Waals surface area (Å²) in [6.45, 7) is 0. The number of rotatable bonds is 4. The fourth-order valence-electron chi connectivity index (χ4n) is 2.91. The van der Waals surface area contributed by atoms with E-state index in [0.29, 0.717) is 0 Å². The van der Waals surface area contributed by atoms with E-state index < -0.39 is 36.1 Å². The van der Waals surface area contributed by atoms with Gasteiger partial charge in [0.1, 0.15) is 0 Å². The first-order chi connectivity index (χ1) is 11.4. The molecule has 2 fully saturated rings. The summed E-state index contributed by atoms with van der Waals surface area (Å²) in [6, 6.07) is 5.86. The Kier molecular flexibility index (Phi) is 4.16. The number of nitrogens with zero attached hydrogens (tertiary/aromatic N) is 2. The Morgan fingerprint density at radius 3 is 1.38 bits per heavy atom. The van der Waals surface area contributed by atoms with E-state index in [0.717, 1.165) is 9.80 Å². The van der Waals surface area contributed by atoms with E-state index in [1.165, 1.54) is 24.3 Å². The van der Waals surface area contributed by atoms with Gasteiger partial charge in [-0.3, -0.25) is 29.0 Å². The fourth-order valence-corrected chi connectivity index (χ4v) is 2.91. The lowest BCUT2D eigenvalue weighted by Gasteiger charge is -2.24. The van der Waals surface area contributed by atoms with Crippen molar-refractivity contribution in [3.05, 3.63) is 35.4 Å². The average Bonchev–Trinajstić information content (AvgIpc) is 3.08. The van der Waals surface area contributed by atoms with Crippen LogP contribution >= 0.6 is 0 Å². The minimum Gasteiger partial charge on any atom is -0.369 e. The van der Waals surface area contributed by atoms with Gasteiger partial charge < -0.3 is 10.2 Å². The van der Waals surface area contributed by atoms with Crippen LogP contribution in [0.25, 0.3) is 0 Å². The van der Waals surface area contributed by atoms with E-state index in [4.69, 9.17) is 0 Å². The summed E-state index contributed by atoms with van der Waals surface area (Å²) in [5, 5.41) is 20.6. The fraction of sp³-hybridized carbons (Fsp3) is 0.375. The zero-order valence-corrected chi connectivity index (χ0v) is 12.7. The first-order valence-corrected chi connectivity index (χ1v) is 7.56. The molecule has 2 aliphatic rings. The molecule has 2 atom stereocenters. The first-order valence-electron chi connectivity index (χ1n) is 7.56. The SMILES string of the molecule is O=C1CCC(=O)N1C(O)c1cccc(C(O)N2C(=O)CCC2=O)c1. The van der Waals surface area contributed by atoms with Crippen molar-refractivity contribution >= 4 is 23.6 Å². The molecular formula is C16H16N2O6. The summed E-state index contributed by atoms with van der Waals surface area (Å²) in [6.07, 6.45) is -2.73. The molecule has 2 N–H and O–H groups in total. The topological polar surface area (TPSA) is 115 Å². The smallest absolute Gasteiger partial charge is 0.232 e. The number of likely N-dealkylation sites (tertiary alicyclic amines) is 2. The van der Waals surface area contributed by atoms with Crippen molar-refractivity contribution in [2.75, 3.05) is 0 Å². The molecular weight excluding hydrogens is 316 g/mol. The third kappa shape index (κ3) is 2.70. The third-order valence-electron chi connectivity index (χ3n) is 4.18. The molecule has 0 aromatic heterocycles. The Bertz CT molecular complexity index is 642. The highest BCUT2D eigenvalue weighted by atomic mass is 16.3. The van der Waals surface area contributed by atoms with E-state index in [2.05, 4.69) is 0 Å². The molecule has 1 aromatic rings. The molecule has 0 aliphatic carbocycles. The van der Waals surface area contributed by atoms with Crippen LogP contribution in [0.5, 0.6) is 0 Å². The van der Waals surface area contributed by atoms with Crippen molar-refractivity contribution in [2.45, 2.75) is 38.1 Å². The molecule has 24 heavy (non-hydrogen) atoms. The average molecular weight is 332 g/mol. The van der Waals surface area contributed by atoms with Crippen LogP contribution in [0.1, 0.15) is 49.3 Å². The standard InChI is InChI=1S/C16H16N2O6/c19-11-4-5-12(20)17(11)15(23)9-2-1-3-10(8-9)16(24)18-13(21)6-7-14(18)22/h1-3,8,15-16,23-24H,4-7H2. The van der Waals surface area contributed by atoms with Crippen molar-refractivity contribution in [3.63, 3.8) is 0 Å². The molecule has 8 heteroatoms. The molecule has 3 rings (SSSR count). The maximum absolute atomic E-state index is 11.7. The van der Waals surface area contributed by atoms with Gasteiger partial charge in [0.25, 0.3) is 0 Å². The molecule has 8 nitrogen and oxygen atoms in total. The number of hydrogen-bond donors (Lipinski definition) is 2. The largest absolute Gasteiger partial charge is 0.369 e. The van der Waals surface area contributed by atoms with Gasteiger partial charge in [0.15, 0.2) is 12.5 Å². The van der Waals surface area contributed by atoms with Gasteiger partial charge in [-0.25, -0.2) is 0 Å². The second kappa shape index (κ2) is 6.14. The second-order valence-electron chi connectivity index (χ2n) is 5.73. The molecule has 0 bridgehead atoms. The van der Waals surface area contributed by atoms with Gasteiger partial charge in [-0.2, -0.15) is 0 Å². The molecule has 1 aromatic carbocycles. The van der Waals surface area contributed by atoms with E-state index in [9.17, 15) is 29.4 Å². The molecule has 0 saturated carbocycles. The predicted molar refractivity (Wildman–Crippen MR) is 78.5 cm³/mol. The molecule has 126 valence electrons. The number of amides is 4. The van der Waals surface area contributed by atoms with E-state index in [1.807, 2.05) is 0 Å². The number of aliphatic hydroxyl groups is 2. The van der Waals surface area contributed by atoms with Crippen LogP contribution in [0.15, 0.2) is 24.3 Å². The number of hydrogen-bond acceptors (Lipinski definition) is 6. The predicted octanol–water partition coefficient (Wildman–Crippen LogP) is -0.0336. The van der Waals surface area contributed by atoms with E-state index in [1.54, 1.807) is 0 Å². The minimum atomic E-state index is -1.47. The van der Waals surface area contributed by atoms with Gasteiger partial charge in [0, 0.05) is 36.8 Å². The summed E-state index contributed by atoms with van der Waals surface area (Å²) < 4.78 is 0. The lowest BCUT2D eigenvalue weighted by Crippen LogP contribution is -2.34. The van der Waals surface area contributed by atoms with Crippen molar-refractivity contribution in [2.24, 2.45) is 0 Å². The van der Waals surface area contributed by atoms with Gasteiger partial charge in [-0.15, -0.1) is 0 Å². The van der Waals surface area contributed by atoms with Crippen molar-refractivity contribution < 1.29 is 29.4 Å². The normalized spacial score (nSPS) is 20.9. The lowest BCUT2D eigenvalue weighted by atomic mass is 10.1. The highest BCUT2D eigenvalue weighted by Gasteiger charge is 2.37.